The Bertz CT molecular complexity index is 632. The van der Waals surface area contributed by atoms with Crippen LogP contribution < -0.4 is 5.32 Å². The first-order chi connectivity index (χ1) is 10.4. The number of nitrogens with one attached hydrogen (secondary N) is 1. The summed E-state index contributed by atoms with van der Waals surface area (Å²) in [4.78, 5) is 15.9. The normalized spacial score (nSPS) is 11.5. The lowest BCUT2D eigenvalue weighted by atomic mass is 10.1. The maximum absolute atomic E-state index is 12.4. The van der Waals surface area contributed by atoms with Crippen LogP contribution in [0.25, 0.3) is 0 Å². The highest BCUT2D eigenvalue weighted by Crippen LogP contribution is 2.29. The molecule has 0 atom stereocenters. The highest BCUT2D eigenvalue weighted by molar-refractivity contribution is 5.94. The van der Waals surface area contributed by atoms with Crippen LogP contribution in [0, 0.1) is 6.92 Å². The number of rotatable bonds is 5. The monoisotopic (exact) mass is 311 g/mol. The van der Waals surface area contributed by atoms with Crippen molar-refractivity contribution in [2.45, 2.75) is 26.1 Å². The van der Waals surface area contributed by atoms with Gasteiger partial charge in [-0.3, -0.25) is 4.79 Å². The molecule has 1 amide bonds. The Morgan fingerprint density at radius 3 is 2.50 bits per heavy atom. The molecule has 0 radical (unpaired) electrons. The zero-order valence-corrected chi connectivity index (χ0v) is 12.0. The number of aryl methyl sites for hydroxylation is 2. The van der Waals surface area contributed by atoms with Gasteiger partial charge in [-0.1, -0.05) is 0 Å². The number of benzene rings is 1. The number of nitrogens with zero attached hydrogens (tertiary/aromatic N) is 2. The summed E-state index contributed by atoms with van der Waals surface area (Å²) in [6, 6.07) is 4.17. The molecule has 0 saturated carbocycles. The third kappa shape index (κ3) is 4.09. The summed E-state index contributed by atoms with van der Waals surface area (Å²) in [7, 11) is 0. The van der Waals surface area contributed by atoms with Gasteiger partial charge < -0.3 is 9.88 Å². The molecule has 2 rings (SSSR count). The molecule has 1 aromatic heterocycles. The SMILES string of the molecule is Cc1nccn1CCCNC(=O)c1ccc(C(F)(F)F)cc1. The molecular formula is C15H16F3N3O. The van der Waals surface area contributed by atoms with E-state index in [-0.39, 0.29) is 11.5 Å². The van der Waals surface area contributed by atoms with Crippen molar-refractivity contribution in [1.29, 1.82) is 0 Å². The van der Waals surface area contributed by atoms with Gasteiger partial charge in [0.15, 0.2) is 0 Å². The van der Waals surface area contributed by atoms with E-state index in [1.807, 2.05) is 17.7 Å². The van der Waals surface area contributed by atoms with Gasteiger partial charge in [-0.05, 0) is 37.6 Å². The lowest BCUT2D eigenvalue weighted by molar-refractivity contribution is -0.137. The number of aromatic nitrogens is 2. The quantitative estimate of drug-likeness (QED) is 0.863. The first kappa shape index (κ1) is 16.1. The van der Waals surface area contributed by atoms with Crippen LogP contribution in [0.4, 0.5) is 13.2 Å². The zero-order valence-electron chi connectivity index (χ0n) is 12.0. The summed E-state index contributed by atoms with van der Waals surface area (Å²) in [6.45, 7) is 3.05. The molecule has 0 aliphatic heterocycles. The van der Waals surface area contributed by atoms with Crippen LogP contribution in [0.5, 0.6) is 0 Å². The summed E-state index contributed by atoms with van der Waals surface area (Å²) in [5.41, 5.74) is -0.550. The third-order valence-corrected chi connectivity index (χ3v) is 3.26. The summed E-state index contributed by atoms with van der Waals surface area (Å²) < 4.78 is 39.2. The second kappa shape index (κ2) is 6.64. The molecule has 1 N–H and O–H groups in total. The van der Waals surface area contributed by atoms with Gasteiger partial charge in [-0.2, -0.15) is 13.2 Å². The lowest BCUT2D eigenvalue weighted by Gasteiger charge is -2.09. The molecule has 0 spiro atoms. The fraction of sp³-hybridized carbons (Fsp3) is 0.333. The highest BCUT2D eigenvalue weighted by atomic mass is 19.4. The molecule has 0 fully saturated rings. The van der Waals surface area contributed by atoms with E-state index in [2.05, 4.69) is 10.3 Å². The summed E-state index contributed by atoms with van der Waals surface area (Å²) >= 11 is 0. The van der Waals surface area contributed by atoms with Crippen molar-refractivity contribution >= 4 is 5.91 Å². The Balaban J connectivity index is 1.81. The number of alkyl halides is 3. The summed E-state index contributed by atoms with van der Waals surface area (Å²) in [6.07, 6.45) is -0.121. The zero-order chi connectivity index (χ0) is 16.2. The molecule has 1 aromatic carbocycles. The molecule has 0 aliphatic rings. The molecule has 0 aliphatic carbocycles. The summed E-state index contributed by atoms with van der Waals surface area (Å²) in [5.74, 6) is 0.519. The van der Waals surface area contributed by atoms with E-state index in [4.69, 9.17) is 0 Å². The fourth-order valence-corrected chi connectivity index (χ4v) is 2.00. The van der Waals surface area contributed by atoms with Crippen molar-refractivity contribution < 1.29 is 18.0 Å². The molecule has 118 valence electrons. The number of halogens is 3. The molecule has 0 unspecified atom stereocenters. The Kier molecular flexibility index (Phi) is 4.85. The van der Waals surface area contributed by atoms with E-state index in [0.717, 1.165) is 24.5 Å². The van der Waals surface area contributed by atoms with Gasteiger partial charge in [0, 0.05) is 31.0 Å². The first-order valence-electron chi connectivity index (χ1n) is 6.81. The second-order valence-electron chi connectivity index (χ2n) is 4.85. The highest BCUT2D eigenvalue weighted by Gasteiger charge is 2.30. The molecule has 0 bridgehead atoms. The molecular weight excluding hydrogens is 295 g/mol. The van der Waals surface area contributed by atoms with Gasteiger partial charge in [-0.25, -0.2) is 4.98 Å². The van der Waals surface area contributed by atoms with Crippen LogP contribution in [0.3, 0.4) is 0 Å². The first-order valence-corrected chi connectivity index (χ1v) is 6.81. The predicted octanol–water partition coefficient (Wildman–Crippen LogP) is 3.03. The number of imidazole rings is 1. The Hall–Kier alpha value is -2.31. The van der Waals surface area contributed by atoms with E-state index in [1.54, 1.807) is 6.20 Å². The Morgan fingerprint density at radius 2 is 1.95 bits per heavy atom. The van der Waals surface area contributed by atoms with Gasteiger partial charge in [0.25, 0.3) is 5.91 Å². The van der Waals surface area contributed by atoms with Gasteiger partial charge in [0.2, 0.25) is 0 Å². The third-order valence-electron chi connectivity index (χ3n) is 3.26. The average Bonchev–Trinajstić information content (AvgIpc) is 2.88. The molecule has 4 nitrogen and oxygen atoms in total. The molecule has 7 heteroatoms. The van der Waals surface area contributed by atoms with E-state index in [0.29, 0.717) is 13.0 Å². The van der Waals surface area contributed by atoms with Crippen molar-refractivity contribution in [3.63, 3.8) is 0 Å². The number of hydrogen-bond acceptors (Lipinski definition) is 2. The average molecular weight is 311 g/mol. The smallest absolute Gasteiger partial charge is 0.352 e. The van der Waals surface area contributed by atoms with Gasteiger partial charge in [0.1, 0.15) is 5.82 Å². The minimum Gasteiger partial charge on any atom is -0.352 e. The van der Waals surface area contributed by atoms with E-state index in [1.165, 1.54) is 12.1 Å². The standard InChI is InChI=1S/C15H16F3N3O/c1-11-19-8-10-21(11)9-2-7-20-14(22)12-3-5-13(6-4-12)15(16,17)18/h3-6,8,10H,2,7,9H2,1H3,(H,20,22). The molecule has 1 heterocycles. The van der Waals surface area contributed by atoms with Crippen molar-refractivity contribution in [2.24, 2.45) is 0 Å². The fourth-order valence-electron chi connectivity index (χ4n) is 2.00. The predicted molar refractivity (Wildman–Crippen MR) is 75.4 cm³/mol. The van der Waals surface area contributed by atoms with E-state index >= 15 is 0 Å². The number of carbonyl (C=O) groups excluding carboxylic acids is 1. The minimum atomic E-state index is -4.39. The maximum atomic E-state index is 12.4. The molecule has 0 saturated heterocycles. The van der Waals surface area contributed by atoms with E-state index < -0.39 is 11.7 Å². The number of amides is 1. The van der Waals surface area contributed by atoms with Gasteiger partial charge in [0.05, 0.1) is 5.56 Å². The summed E-state index contributed by atoms with van der Waals surface area (Å²) in [5, 5.41) is 2.69. The van der Waals surface area contributed by atoms with Crippen LogP contribution in [-0.2, 0) is 12.7 Å². The molecule has 2 aromatic rings. The van der Waals surface area contributed by atoms with Crippen LogP contribution in [0.15, 0.2) is 36.7 Å². The van der Waals surface area contributed by atoms with Crippen LogP contribution >= 0.6 is 0 Å². The minimum absolute atomic E-state index is 0.215. The topological polar surface area (TPSA) is 46.9 Å². The van der Waals surface area contributed by atoms with E-state index in [9.17, 15) is 18.0 Å². The maximum Gasteiger partial charge on any atom is 0.416 e. The van der Waals surface area contributed by atoms with Gasteiger partial charge >= 0.3 is 6.18 Å². The van der Waals surface area contributed by atoms with Crippen LogP contribution in [0.1, 0.15) is 28.2 Å². The second-order valence-corrected chi connectivity index (χ2v) is 4.85. The van der Waals surface area contributed by atoms with Crippen molar-refractivity contribution in [3.05, 3.63) is 53.6 Å². The van der Waals surface area contributed by atoms with Crippen LogP contribution in [-0.4, -0.2) is 22.0 Å². The largest absolute Gasteiger partial charge is 0.416 e. The number of hydrogen-bond donors (Lipinski definition) is 1. The Labute approximate surface area is 126 Å². The van der Waals surface area contributed by atoms with Crippen molar-refractivity contribution in [3.8, 4) is 0 Å². The van der Waals surface area contributed by atoms with Crippen LogP contribution in [0.2, 0.25) is 0 Å². The molecule has 22 heavy (non-hydrogen) atoms. The number of carbonyl (C=O) groups is 1. The van der Waals surface area contributed by atoms with Crippen molar-refractivity contribution in [2.75, 3.05) is 6.54 Å². The van der Waals surface area contributed by atoms with Gasteiger partial charge in [-0.15, -0.1) is 0 Å². The Morgan fingerprint density at radius 1 is 1.27 bits per heavy atom. The van der Waals surface area contributed by atoms with Crippen molar-refractivity contribution in [1.82, 2.24) is 14.9 Å². The lowest BCUT2D eigenvalue weighted by Crippen LogP contribution is -2.25.